The molecular weight excluding hydrogens is 224 g/mol. The van der Waals surface area contributed by atoms with Gasteiger partial charge in [0.15, 0.2) is 0 Å². The van der Waals surface area contributed by atoms with Crippen LogP contribution >= 0.6 is 31.9 Å². The molecule has 3 heteroatoms. The molecule has 0 aliphatic carbocycles. The molecule has 0 aliphatic rings. The fourth-order valence-corrected chi connectivity index (χ4v) is 0.580. The summed E-state index contributed by atoms with van der Waals surface area (Å²) in [6, 6.07) is 0. The number of alkyl halides is 2. The van der Waals surface area contributed by atoms with Gasteiger partial charge in [-0.1, -0.05) is 31.9 Å². The normalized spacial score (nSPS) is 26.7. The standard InChI is InChI=1S/C4H8Br2O/c5-2-1-4(7)3-6/h4,7H,1-3H2/t4-/m0/s1/i2D2,3D2. The van der Waals surface area contributed by atoms with Gasteiger partial charge in [-0.25, -0.2) is 0 Å². The van der Waals surface area contributed by atoms with Crippen LogP contribution in [0.1, 0.15) is 11.9 Å². The first-order valence-electron chi connectivity index (χ1n) is 3.69. The highest BCUT2D eigenvalue weighted by Crippen LogP contribution is 1.97. The van der Waals surface area contributed by atoms with Crippen LogP contribution in [0.15, 0.2) is 0 Å². The van der Waals surface area contributed by atoms with Crippen molar-refractivity contribution in [3.63, 3.8) is 0 Å². The van der Waals surface area contributed by atoms with Gasteiger partial charge >= 0.3 is 0 Å². The lowest BCUT2D eigenvalue weighted by molar-refractivity contribution is 0.198. The highest BCUT2D eigenvalue weighted by Gasteiger charge is 1.96. The minimum absolute atomic E-state index is 0.300. The lowest BCUT2D eigenvalue weighted by atomic mass is 10.3. The highest BCUT2D eigenvalue weighted by molar-refractivity contribution is 9.09. The van der Waals surface area contributed by atoms with Crippen molar-refractivity contribution in [2.24, 2.45) is 0 Å². The van der Waals surface area contributed by atoms with E-state index in [0.717, 1.165) is 0 Å². The molecule has 1 N–H and O–H groups in total. The molecule has 7 heavy (non-hydrogen) atoms. The second-order valence-electron chi connectivity index (χ2n) is 0.963. The molecule has 0 aromatic rings. The summed E-state index contributed by atoms with van der Waals surface area (Å²) in [6.45, 7) is 0. The maximum absolute atomic E-state index is 9.03. The van der Waals surface area contributed by atoms with E-state index >= 15 is 0 Å². The van der Waals surface area contributed by atoms with Gasteiger partial charge in [0.25, 0.3) is 0 Å². The summed E-state index contributed by atoms with van der Waals surface area (Å²) < 4.78 is 27.9. The Labute approximate surface area is 66.0 Å². The van der Waals surface area contributed by atoms with Gasteiger partial charge in [-0.05, 0) is 6.42 Å². The van der Waals surface area contributed by atoms with E-state index in [1.54, 1.807) is 0 Å². The van der Waals surface area contributed by atoms with E-state index in [4.69, 9.17) is 10.6 Å². The van der Waals surface area contributed by atoms with Crippen molar-refractivity contribution in [2.45, 2.75) is 12.5 Å². The second kappa shape index (κ2) is 5.06. The number of hydrogen-bond donors (Lipinski definition) is 1. The number of aliphatic hydroxyl groups excluding tert-OH is 1. The van der Waals surface area contributed by atoms with Gasteiger partial charge in [0.1, 0.15) is 0 Å². The molecule has 1 nitrogen and oxygen atoms in total. The lowest BCUT2D eigenvalue weighted by Crippen LogP contribution is -2.07. The van der Waals surface area contributed by atoms with Crippen molar-refractivity contribution in [3.05, 3.63) is 0 Å². The van der Waals surface area contributed by atoms with Crippen molar-refractivity contribution in [2.75, 3.05) is 10.6 Å². The molecule has 1 atom stereocenters. The maximum atomic E-state index is 9.03. The number of rotatable bonds is 3. The van der Waals surface area contributed by atoms with Crippen molar-refractivity contribution >= 4 is 31.9 Å². The zero-order valence-corrected chi connectivity index (χ0v) is 6.66. The predicted octanol–water partition coefficient (Wildman–Crippen LogP) is 1.53. The largest absolute Gasteiger partial charge is 0.392 e. The predicted molar refractivity (Wildman–Crippen MR) is 38.2 cm³/mol. The van der Waals surface area contributed by atoms with Gasteiger partial charge in [-0.15, -0.1) is 0 Å². The van der Waals surface area contributed by atoms with Crippen molar-refractivity contribution in [1.29, 1.82) is 0 Å². The second-order valence-corrected chi connectivity index (χ2v) is 1.98. The fourth-order valence-electron chi connectivity index (χ4n) is 0.112. The maximum Gasteiger partial charge on any atom is 0.0644 e. The molecule has 0 spiro atoms. The SMILES string of the molecule is [2H]C([2H])(Br)C[C@H](O)C([2H])([2H])Br. The molecule has 0 aliphatic heterocycles. The van der Waals surface area contributed by atoms with E-state index in [2.05, 4.69) is 31.9 Å². The third-order valence-corrected chi connectivity index (χ3v) is 1.25. The first-order chi connectivity index (χ1) is 4.63. The third kappa shape index (κ3) is 4.78. The molecule has 0 aromatic carbocycles. The van der Waals surface area contributed by atoms with Crippen molar-refractivity contribution in [1.82, 2.24) is 0 Å². The Kier molecular flexibility index (Phi) is 2.30. The molecule has 0 aromatic heterocycles. The molecule has 0 unspecified atom stereocenters. The Hall–Kier alpha value is 0.920. The molecule has 0 bridgehead atoms. The van der Waals surface area contributed by atoms with Gasteiger partial charge in [0, 0.05) is 16.0 Å². The van der Waals surface area contributed by atoms with Gasteiger partial charge in [0.2, 0.25) is 0 Å². The zero-order chi connectivity index (χ0) is 9.28. The van der Waals surface area contributed by atoms with Crippen LogP contribution < -0.4 is 0 Å². The topological polar surface area (TPSA) is 20.2 Å². The molecule has 0 heterocycles. The van der Waals surface area contributed by atoms with Crippen LogP contribution in [0.3, 0.4) is 0 Å². The lowest BCUT2D eigenvalue weighted by Gasteiger charge is -1.99. The fraction of sp³-hybridized carbons (Fsp3) is 1.00. The Balaban J connectivity index is 3.99. The molecule has 0 radical (unpaired) electrons. The number of halogens is 2. The summed E-state index contributed by atoms with van der Waals surface area (Å²) >= 11 is 5.25. The summed E-state index contributed by atoms with van der Waals surface area (Å²) in [6.07, 6.45) is -1.66. The Bertz CT molecular complexity index is 129. The van der Waals surface area contributed by atoms with Gasteiger partial charge in [-0.3, -0.25) is 0 Å². The Morgan fingerprint density at radius 3 is 2.43 bits per heavy atom. The minimum Gasteiger partial charge on any atom is -0.392 e. The van der Waals surface area contributed by atoms with Crippen molar-refractivity contribution < 1.29 is 10.6 Å². The summed E-state index contributed by atoms with van der Waals surface area (Å²) in [5.41, 5.74) is 0. The molecule has 44 valence electrons. The summed E-state index contributed by atoms with van der Waals surface area (Å²) in [4.78, 5) is 0. The van der Waals surface area contributed by atoms with Crippen LogP contribution in [0.2, 0.25) is 0 Å². The molecular formula is C4H8Br2O. The van der Waals surface area contributed by atoms with Crippen LogP contribution in [0.25, 0.3) is 0 Å². The van der Waals surface area contributed by atoms with E-state index in [1.807, 2.05) is 0 Å². The molecule has 0 rings (SSSR count). The van der Waals surface area contributed by atoms with E-state index in [0.29, 0.717) is 0 Å². The van der Waals surface area contributed by atoms with E-state index < -0.39 is 16.7 Å². The third-order valence-electron chi connectivity index (χ3n) is 0.396. The minimum atomic E-state index is -1.94. The summed E-state index contributed by atoms with van der Waals surface area (Å²) in [7, 11) is 0. The number of aliphatic hydroxyl groups is 1. The first kappa shape index (κ1) is 3.18. The average molecular weight is 236 g/mol. The Morgan fingerprint density at radius 1 is 1.71 bits per heavy atom. The van der Waals surface area contributed by atoms with Gasteiger partial charge < -0.3 is 5.11 Å². The van der Waals surface area contributed by atoms with Crippen LogP contribution in [-0.2, 0) is 0 Å². The monoisotopic (exact) mass is 234 g/mol. The molecule has 0 fully saturated rings. The number of hydrogen-bond acceptors (Lipinski definition) is 1. The van der Waals surface area contributed by atoms with Gasteiger partial charge in [0.05, 0.1) is 6.10 Å². The van der Waals surface area contributed by atoms with Crippen LogP contribution in [0, 0.1) is 0 Å². The van der Waals surface area contributed by atoms with Crippen molar-refractivity contribution in [3.8, 4) is 0 Å². The van der Waals surface area contributed by atoms with Crippen LogP contribution in [-0.4, -0.2) is 21.8 Å². The van der Waals surface area contributed by atoms with Crippen LogP contribution in [0.5, 0.6) is 0 Å². The quantitative estimate of drug-likeness (QED) is 0.736. The molecule has 0 saturated carbocycles. The summed E-state index contributed by atoms with van der Waals surface area (Å²) in [5, 5.41) is 5.36. The van der Waals surface area contributed by atoms with E-state index in [1.165, 1.54) is 0 Å². The van der Waals surface area contributed by atoms with Crippen LogP contribution in [0.4, 0.5) is 0 Å². The van der Waals surface area contributed by atoms with Gasteiger partial charge in [-0.2, -0.15) is 0 Å². The average Bonchev–Trinajstić information content (AvgIpc) is 1.56. The first-order valence-corrected chi connectivity index (χ1v) is 3.27. The van der Waals surface area contributed by atoms with E-state index in [9.17, 15) is 0 Å². The highest BCUT2D eigenvalue weighted by atomic mass is 79.9. The summed E-state index contributed by atoms with van der Waals surface area (Å²) in [5.74, 6) is 0. The smallest absolute Gasteiger partial charge is 0.0644 e. The zero-order valence-electron chi connectivity index (χ0n) is 7.49. The van der Waals surface area contributed by atoms with E-state index in [-0.39, 0.29) is 6.42 Å². The molecule has 0 saturated heterocycles. The molecule has 0 amide bonds. The Morgan fingerprint density at radius 2 is 2.29 bits per heavy atom.